The number of nitrogens with one attached hydrogen (secondary N) is 1. The van der Waals surface area contributed by atoms with Crippen LogP contribution in [0.3, 0.4) is 0 Å². The van der Waals surface area contributed by atoms with Crippen LogP contribution in [0.5, 0.6) is 0 Å². The first-order valence-corrected chi connectivity index (χ1v) is 8.60. The number of hydrogen-bond acceptors (Lipinski definition) is 3. The van der Waals surface area contributed by atoms with Crippen molar-refractivity contribution in [1.29, 1.82) is 0 Å². The standard InChI is InChI=1S/C19H31N3O2/c1-15(2)17-7-9-18(10-8-17)22(16(3)23)14-11-19(24)20-12-6-13-21(4)5/h7-10,15H,6,11-14H2,1-5H3,(H,20,24). The molecule has 2 amide bonds. The third-order valence-corrected chi connectivity index (χ3v) is 3.92. The molecule has 1 rings (SSSR count). The Kier molecular flexibility index (Phi) is 8.47. The summed E-state index contributed by atoms with van der Waals surface area (Å²) >= 11 is 0. The summed E-state index contributed by atoms with van der Waals surface area (Å²) in [5.74, 6) is 0.393. The Morgan fingerprint density at radius 1 is 1.08 bits per heavy atom. The smallest absolute Gasteiger partial charge is 0.223 e. The molecule has 0 fully saturated rings. The monoisotopic (exact) mass is 333 g/mol. The second kappa shape index (κ2) is 10.1. The number of carbonyl (C=O) groups is 2. The van der Waals surface area contributed by atoms with Crippen LogP contribution in [-0.2, 0) is 9.59 Å². The molecule has 0 aromatic heterocycles. The second-order valence-corrected chi connectivity index (χ2v) is 6.67. The van der Waals surface area contributed by atoms with E-state index in [1.807, 2.05) is 38.4 Å². The van der Waals surface area contributed by atoms with Crippen LogP contribution in [0.4, 0.5) is 5.69 Å². The molecule has 0 unspecified atom stereocenters. The Labute approximate surface area is 146 Å². The van der Waals surface area contributed by atoms with Crippen LogP contribution < -0.4 is 10.2 Å². The third kappa shape index (κ3) is 7.13. The fraction of sp³-hybridized carbons (Fsp3) is 0.579. The van der Waals surface area contributed by atoms with E-state index in [4.69, 9.17) is 0 Å². The van der Waals surface area contributed by atoms with Crippen LogP contribution in [0.1, 0.15) is 45.1 Å². The van der Waals surface area contributed by atoms with Gasteiger partial charge in [0.25, 0.3) is 0 Å². The Morgan fingerprint density at radius 3 is 2.21 bits per heavy atom. The van der Waals surface area contributed by atoms with Crippen LogP contribution in [-0.4, -0.2) is 50.4 Å². The summed E-state index contributed by atoms with van der Waals surface area (Å²) in [6.07, 6.45) is 1.24. The lowest BCUT2D eigenvalue weighted by Gasteiger charge is -2.21. The third-order valence-electron chi connectivity index (χ3n) is 3.92. The summed E-state index contributed by atoms with van der Waals surface area (Å²) in [6, 6.07) is 7.98. The Bertz CT molecular complexity index is 524. The van der Waals surface area contributed by atoms with Gasteiger partial charge < -0.3 is 15.1 Å². The molecule has 0 atom stereocenters. The average Bonchev–Trinajstić information content (AvgIpc) is 2.51. The van der Waals surface area contributed by atoms with Gasteiger partial charge in [0.2, 0.25) is 11.8 Å². The molecule has 0 saturated carbocycles. The largest absolute Gasteiger partial charge is 0.356 e. The van der Waals surface area contributed by atoms with Gasteiger partial charge in [-0.15, -0.1) is 0 Å². The first kappa shape index (κ1) is 20.2. The van der Waals surface area contributed by atoms with Crippen molar-refractivity contribution < 1.29 is 9.59 Å². The van der Waals surface area contributed by atoms with Gasteiger partial charge in [0.1, 0.15) is 0 Å². The fourth-order valence-corrected chi connectivity index (χ4v) is 2.43. The van der Waals surface area contributed by atoms with Crippen molar-refractivity contribution in [1.82, 2.24) is 10.2 Å². The lowest BCUT2D eigenvalue weighted by molar-refractivity contribution is -0.121. The molecule has 1 aromatic carbocycles. The molecule has 0 bridgehead atoms. The lowest BCUT2D eigenvalue weighted by atomic mass is 10.0. The highest BCUT2D eigenvalue weighted by molar-refractivity contribution is 5.92. The summed E-state index contributed by atoms with van der Waals surface area (Å²) < 4.78 is 0. The zero-order chi connectivity index (χ0) is 18.1. The SMILES string of the molecule is CC(=O)N(CCC(=O)NCCCN(C)C)c1ccc(C(C)C)cc1. The molecular formula is C19H31N3O2. The Balaban J connectivity index is 2.51. The van der Waals surface area contributed by atoms with Crippen molar-refractivity contribution in [3.05, 3.63) is 29.8 Å². The molecule has 0 aliphatic rings. The van der Waals surface area contributed by atoms with Gasteiger partial charge in [0.05, 0.1) is 0 Å². The Morgan fingerprint density at radius 2 is 1.71 bits per heavy atom. The molecule has 5 nitrogen and oxygen atoms in total. The van der Waals surface area contributed by atoms with E-state index in [1.165, 1.54) is 12.5 Å². The van der Waals surface area contributed by atoms with Gasteiger partial charge in [-0.05, 0) is 50.7 Å². The predicted octanol–water partition coefficient (Wildman–Crippen LogP) is 2.62. The van der Waals surface area contributed by atoms with E-state index >= 15 is 0 Å². The molecular weight excluding hydrogens is 302 g/mol. The molecule has 0 spiro atoms. The van der Waals surface area contributed by atoms with Crippen LogP contribution in [0.25, 0.3) is 0 Å². The van der Waals surface area contributed by atoms with E-state index in [0.29, 0.717) is 25.4 Å². The van der Waals surface area contributed by atoms with Gasteiger partial charge in [0, 0.05) is 32.1 Å². The van der Waals surface area contributed by atoms with E-state index in [2.05, 4.69) is 24.1 Å². The predicted molar refractivity (Wildman–Crippen MR) is 99.4 cm³/mol. The lowest BCUT2D eigenvalue weighted by Crippen LogP contribution is -2.34. The number of hydrogen-bond donors (Lipinski definition) is 1. The topological polar surface area (TPSA) is 52.7 Å². The van der Waals surface area contributed by atoms with Crippen molar-refractivity contribution >= 4 is 17.5 Å². The number of carbonyl (C=O) groups excluding carboxylic acids is 2. The van der Waals surface area contributed by atoms with E-state index in [0.717, 1.165) is 18.7 Å². The van der Waals surface area contributed by atoms with Crippen LogP contribution in [0.15, 0.2) is 24.3 Å². The first-order valence-electron chi connectivity index (χ1n) is 8.60. The highest BCUT2D eigenvalue weighted by atomic mass is 16.2. The summed E-state index contributed by atoms with van der Waals surface area (Å²) in [5, 5.41) is 2.90. The van der Waals surface area contributed by atoms with E-state index in [-0.39, 0.29) is 11.8 Å². The van der Waals surface area contributed by atoms with Gasteiger partial charge in [-0.3, -0.25) is 9.59 Å². The minimum atomic E-state index is -0.0484. The molecule has 0 aliphatic heterocycles. The molecule has 24 heavy (non-hydrogen) atoms. The molecule has 1 aromatic rings. The van der Waals surface area contributed by atoms with E-state index < -0.39 is 0 Å². The van der Waals surface area contributed by atoms with Gasteiger partial charge in [-0.2, -0.15) is 0 Å². The number of nitrogens with zero attached hydrogens (tertiary/aromatic N) is 2. The molecule has 0 saturated heterocycles. The summed E-state index contributed by atoms with van der Waals surface area (Å²) in [5.41, 5.74) is 2.08. The van der Waals surface area contributed by atoms with Crippen molar-refractivity contribution in [3.63, 3.8) is 0 Å². The minimum Gasteiger partial charge on any atom is -0.356 e. The highest BCUT2D eigenvalue weighted by Gasteiger charge is 2.13. The van der Waals surface area contributed by atoms with E-state index in [9.17, 15) is 9.59 Å². The second-order valence-electron chi connectivity index (χ2n) is 6.67. The summed E-state index contributed by atoms with van der Waals surface area (Å²) in [4.78, 5) is 27.6. The maximum atomic E-state index is 11.9. The van der Waals surface area contributed by atoms with Gasteiger partial charge in [-0.25, -0.2) is 0 Å². The minimum absolute atomic E-state index is 0.0150. The normalized spacial score (nSPS) is 11.0. The van der Waals surface area contributed by atoms with Crippen molar-refractivity contribution in [2.75, 3.05) is 38.6 Å². The molecule has 0 radical (unpaired) electrons. The van der Waals surface area contributed by atoms with Gasteiger partial charge in [-0.1, -0.05) is 26.0 Å². The van der Waals surface area contributed by atoms with Crippen LogP contribution in [0.2, 0.25) is 0 Å². The van der Waals surface area contributed by atoms with Gasteiger partial charge >= 0.3 is 0 Å². The van der Waals surface area contributed by atoms with Crippen LogP contribution >= 0.6 is 0 Å². The zero-order valence-corrected chi connectivity index (χ0v) is 15.6. The molecule has 0 aliphatic carbocycles. The molecule has 134 valence electrons. The number of amides is 2. The maximum absolute atomic E-state index is 11.9. The quantitative estimate of drug-likeness (QED) is 0.707. The molecule has 1 N–H and O–H groups in total. The molecule has 5 heteroatoms. The summed E-state index contributed by atoms with van der Waals surface area (Å²) in [7, 11) is 4.02. The van der Waals surface area contributed by atoms with Crippen molar-refractivity contribution in [2.24, 2.45) is 0 Å². The molecule has 0 heterocycles. The Hall–Kier alpha value is -1.88. The van der Waals surface area contributed by atoms with Crippen molar-refractivity contribution in [3.8, 4) is 0 Å². The first-order chi connectivity index (χ1) is 11.3. The number of rotatable bonds is 9. The number of anilines is 1. The van der Waals surface area contributed by atoms with Gasteiger partial charge in [0.15, 0.2) is 0 Å². The maximum Gasteiger partial charge on any atom is 0.223 e. The fourth-order valence-electron chi connectivity index (χ4n) is 2.43. The summed E-state index contributed by atoms with van der Waals surface area (Å²) in [6.45, 7) is 7.82. The van der Waals surface area contributed by atoms with E-state index in [1.54, 1.807) is 4.90 Å². The average molecular weight is 333 g/mol. The highest BCUT2D eigenvalue weighted by Crippen LogP contribution is 2.20. The van der Waals surface area contributed by atoms with Crippen molar-refractivity contribution in [2.45, 2.75) is 39.5 Å². The van der Waals surface area contributed by atoms with Crippen LogP contribution in [0, 0.1) is 0 Å². The number of benzene rings is 1. The zero-order valence-electron chi connectivity index (χ0n) is 15.6.